The highest BCUT2D eigenvalue weighted by molar-refractivity contribution is 5.91. The van der Waals surface area contributed by atoms with Crippen molar-refractivity contribution in [3.8, 4) is 5.75 Å². The van der Waals surface area contributed by atoms with Crippen molar-refractivity contribution in [2.24, 2.45) is 11.3 Å². The SMILES string of the molecule is CC(=O)N1C[C@H]2CC[C@H]3c4ccc(OC(=O)c5ccccc5)cc4CC[C@]23C1. The Morgan fingerprint density at radius 3 is 2.71 bits per heavy atom. The Kier molecular flexibility index (Phi) is 4.04. The Balaban J connectivity index is 1.39. The van der Waals surface area contributed by atoms with Crippen LogP contribution >= 0.6 is 0 Å². The number of ether oxygens (including phenoxy) is 1. The number of likely N-dealkylation sites (tertiary alicyclic amines) is 1. The van der Waals surface area contributed by atoms with Crippen molar-refractivity contribution in [1.29, 1.82) is 0 Å². The first-order valence-corrected chi connectivity index (χ1v) is 10.2. The van der Waals surface area contributed by atoms with Crippen LogP contribution < -0.4 is 4.74 Å². The zero-order valence-corrected chi connectivity index (χ0v) is 16.2. The zero-order valence-electron chi connectivity index (χ0n) is 16.2. The molecule has 1 spiro atoms. The highest BCUT2D eigenvalue weighted by atomic mass is 16.5. The number of carbonyl (C=O) groups is 2. The fraction of sp³-hybridized carbons (Fsp3) is 0.417. The molecule has 5 rings (SSSR count). The van der Waals surface area contributed by atoms with Crippen LogP contribution in [0.1, 0.15) is 53.6 Å². The van der Waals surface area contributed by atoms with Gasteiger partial charge in [0.25, 0.3) is 0 Å². The van der Waals surface area contributed by atoms with E-state index in [0.717, 1.165) is 25.9 Å². The van der Waals surface area contributed by atoms with Crippen LogP contribution in [0.5, 0.6) is 5.75 Å². The van der Waals surface area contributed by atoms with E-state index in [1.165, 1.54) is 24.0 Å². The molecule has 4 nitrogen and oxygen atoms in total. The molecule has 2 aromatic carbocycles. The highest BCUT2D eigenvalue weighted by Gasteiger charge is 2.57. The zero-order chi connectivity index (χ0) is 19.3. The number of hydrogen-bond acceptors (Lipinski definition) is 3. The van der Waals surface area contributed by atoms with Gasteiger partial charge in [-0.05, 0) is 78.3 Å². The Morgan fingerprint density at radius 1 is 1.11 bits per heavy atom. The van der Waals surface area contributed by atoms with Gasteiger partial charge in [-0.3, -0.25) is 4.79 Å². The van der Waals surface area contributed by atoms with Crippen LogP contribution in [0.25, 0.3) is 0 Å². The van der Waals surface area contributed by atoms with E-state index in [9.17, 15) is 9.59 Å². The minimum absolute atomic E-state index is 0.205. The Hall–Kier alpha value is -2.62. The third-order valence-corrected chi connectivity index (χ3v) is 7.25. The average molecular weight is 375 g/mol. The molecule has 4 heteroatoms. The molecule has 144 valence electrons. The van der Waals surface area contributed by atoms with Crippen LogP contribution in [-0.4, -0.2) is 29.9 Å². The number of hydrogen-bond donors (Lipinski definition) is 0. The standard InChI is InChI=1S/C24H25NO3/c1-16(26)25-14-19-7-10-22-21-9-8-20(13-18(21)11-12-24(19,22)15-25)28-23(27)17-5-3-2-4-6-17/h2-6,8-9,13,19,22H,7,10-12,14-15H2,1H3/t19-,22+,24+/m1/s1. The summed E-state index contributed by atoms with van der Waals surface area (Å²) >= 11 is 0. The van der Waals surface area contributed by atoms with Gasteiger partial charge in [0.05, 0.1) is 5.56 Å². The normalized spacial score (nSPS) is 27.7. The van der Waals surface area contributed by atoms with E-state index < -0.39 is 0 Å². The minimum Gasteiger partial charge on any atom is -0.423 e. The molecule has 2 aliphatic carbocycles. The second kappa shape index (κ2) is 6.47. The van der Waals surface area contributed by atoms with Gasteiger partial charge in [-0.1, -0.05) is 24.3 Å². The molecule has 2 fully saturated rings. The maximum Gasteiger partial charge on any atom is 0.343 e. The lowest BCUT2D eigenvalue weighted by atomic mass is 9.63. The number of benzene rings is 2. The van der Waals surface area contributed by atoms with E-state index in [1.54, 1.807) is 19.1 Å². The maximum absolute atomic E-state index is 12.4. The molecule has 1 amide bonds. The van der Waals surface area contributed by atoms with Gasteiger partial charge in [-0.25, -0.2) is 4.79 Å². The quantitative estimate of drug-likeness (QED) is 0.584. The first-order chi connectivity index (χ1) is 13.6. The second-order valence-electron chi connectivity index (χ2n) is 8.58. The van der Waals surface area contributed by atoms with Crippen molar-refractivity contribution in [2.75, 3.05) is 13.1 Å². The minimum atomic E-state index is -0.318. The van der Waals surface area contributed by atoms with Crippen molar-refractivity contribution in [3.63, 3.8) is 0 Å². The third kappa shape index (κ3) is 2.66. The number of amides is 1. The molecule has 28 heavy (non-hydrogen) atoms. The molecule has 0 bridgehead atoms. The summed E-state index contributed by atoms with van der Waals surface area (Å²) in [7, 11) is 0. The maximum atomic E-state index is 12.4. The Morgan fingerprint density at radius 2 is 1.93 bits per heavy atom. The second-order valence-corrected chi connectivity index (χ2v) is 8.58. The molecule has 0 radical (unpaired) electrons. The molecule has 1 saturated carbocycles. The summed E-state index contributed by atoms with van der Waals surface area (Å²) in [5.41, 5.74) is 3.52. The van der Waals surface area contributed by atoms with Crippen molar-refractivity contribution in [2.45, 2.75) is 38.5 Å². The first-order valence-electron chi connectivity index (χ1n) is 10.2. The van der Waals surface area contributed by atoms with Gasteiger partial charge in [0, 0.05) is 20.0 Å². The number of esters is 1. The topological polar surface area (TPSA) is 46.6 Å². The van der Waals surface area contributed by atoms with Gasteiger partial charge in [0.1, 0.15) is 5.75 Å². The van der Waals surface area contributed by atoms with E-state index in [1.807, 2.05) is 30.3 Å². The lowest BCUT2D eigenvalue weighted by Crippen LogP contribution is -2.37. The summed E-state index contributed by atoms with van der Waals surface area (Å²) < 4.78 is 5.62. The van der Waals surface area contributed by atoms with Crippen LogP contribution in [0, 0.1) is 11.3 Å². The van der Waals surface area contributed by atoms with Crippen LogP contribution in [0.4, 0.5) is 0 Å². The molecular weight excluding hydrogens is 350 g/mol. The van der Waals surface area contributed by atoms with E-state index in [2.05, 4.69) is 11.0 Å². The van der Waals surface area contributed by atoms with E-state index >= 15 is 0 Å². The Bertz CT molecular complexity index is 938. The van der Waals surface area contributed by atoms with Crippen LogP contribution in [0.3, 0.4) is 0 Å². The summed E-state index contributed by atoms with van der Waals surface area (Å²) in [6, 6.07) is 15.2. The van der Waals surface area contributed by atoms with Gasteiger partial charge in [0.2, 0.25) is 5.91 Å². The monoisotopic (exact) mass is 375 g/mol. The molecule has 2 aromatic rings. The van der Waals surface area contributed by atoms with Crippen molar-refractivity contribution in [3.05, 3.63) is 65.2 Å². The molecule has 0 N–H and O–H groups in total. The summed E-state index contributed by atoms with van der Waals surface area (Å²) in [6.07, 6.45) is 4.52. The van der Waals surface area contributed by atoms with Crippen molar-refractivity contribution >= 4 is 11.9 Å². The van der Waals surface area contributed by atoms with E-state index in [0.29, 0.717) is 23.1 Å². The Labute approximate surface area is 165 Å². The van der Waals surface area contributed by atoms with Gasteiger partial charge < -0.3 is 9.64 Å². The molecule has 1 saturated heterocycles. The van der Waals surface area contributed by atoms with Crippen molar-refractivity contribution < 1.29 is 14.3 Å². The van der Waals surface area contributed by atoms with Gasteiger partial charge >= 0.3 is 5.97 Å². The summed E-state index contributed by atoms with van der Waals surface area (Å²) in [5.74, 6) is 1.66. The molecule has 3 aliphatic rings. The number of nitrogens with zero attached hydrogens (tertiary/aromatic N) is 1. The number of rotatable bonds is 2. The fourth-order valence-corrected chi connectivity index (χ4v) is 5.90. The molecule has 1 aliphatic heterocycles. The molecule has 3 atom stereocenters. The van der Waals surface area contributed by atoms with E-state index in [-0.39, 0.29) is 17.3 Å². The number of carbonyl (C=O) groups excluding carboxylic acids is 2. The molecule has 1 heterocycles. The summed E-state index contributed by atoms with van der Waals surface area (Å²) in [6.45, 7) is 3.52. The first kappa shape index (κ1) is 17.5. The van der Waals surface area contributed by atoms with E-state index in [4.69, 9.17) is 4.74 Å². The predicted octanol–water partition coefficient (Wildman–Crippen LogP) is 4.19. The lowest BCUT2D eigenvalue weighted by molar-refractivity contribution is -0.128. The van der Waals surface area contributed by atoms with Gasteiger partial charge in [-0.15, -0.1) is 0 Å². The smallest absolute Gasteiger partial charge is 0.343 e. The highest BCUT2D eigenvalue weighted by Crippen LogP contribution is 2.61. The fourth-order valence-electron chi connectivity index (χ4n) is 5.90. The lowest BCUT2D eigenvalue weighted by Gasteiger charge is -2.41. The molecular formula is C24H25NO3. The average Bonchev–Trinajstić information content (AvgIpc) is 3.24. The predicted molar refractivity (Wildman–Crippen MR) is 106 cm³/mol. The number of fused-ring (bicyclic) bond motifs is 2. The molecule has 0 aromatic heterocycles. The van der Waals surface area contributed by atoms with Gasteiger partial charge in [0.15, 0.2) is 0 Å². The number of aryl methyl sites for hydroxylation is 1. The summed E-state index contributed by atoms with van der Waals surface area (Å²) in [5, 5.41) is 0. The van der Waals surface area contributed by atoms with Crippen molar-refractivity contribution in [1.82, 2.24) is 4.90 Å². The van der Waals surface area contributed by atoms with Crippen LogP contribution in [0.2, 0.25) is 0 Å². The molecule has 0 unspecified atom stereocenters. The summed E-state index contributed by atoms with van der Waals surface area (Å²) in [4.78, 5) is 26.3. The van der Waals surface area contributed by atoms with Gasteiger partial charge in [-0.2, -0.15) is 0 Å². The largest absolute Gasteiger partial charge is 0.423 e. The third-order valence-electron chi connectivity index (χ3n) is 7.25. The van der Waals surface area contributed by atoms with Crippen LogP contribution in [-0.2, 0) is 11.2 Å². The van der Waals surface area contributed by atoms with Crippen LogP contribution in [0.15, 0.2) is 48.5 Å².